The van der Waals surface area contributed by atoms with Gasteiger partial charge in [-0.15, -0.1) is 31.4 Å². The Morgan fingerprint density at radius 2 is 1.92 bits per heavy atom. The molecule has 7 heteroatoms. The lowest BCUT2D eigenvalue weighted by molar-refractivity contribution is 0.166. The van der Waals surface area contributed by atoms with Crippen LogP contribution in [-0.2, 0) is 0 Å². The quantitative estimate of drug-likeness (QED) is 0.702. The lowest BCUT2D eigenvalue weighted by atomic mass is 9.98. The van der Waals surface area contributed by atoms with Gasteiger partial charge in [-0.05, 0) is 24.5 Å². The summed E-state index contributed by atoms with van der Waals surface area (Å²) in [5.74, 6) is 1.28. The number of hydrogen-bond donors (Lipinski definition) is 1. The van der Waals surface area contributed by atoms with Crippen LogP contribution < -0.4 is 14.8 Å². The first-order chi connectivity index (χ1) is 10.7. The number of nitrogens with one attached hydrogen (secondary N) is 1. The first kappa shape index (κ1) is 23.4. The second-order valence-electron chi connectivity index (χ2n) is 5.37. The largest absolute Gasteiger partial charge is 0.493 e. The van der Waals surface area contributed by atoms with Crippen molar-refractivity contribution in [2.45, 2.75) is 18.9 Å². The minimum absolute atomic E-state index is 0. The van der Waals surface area contributed by atoms with Crippen molar-refractivity contribution in [2.75, 3.05) is 40.4 Å². The molecule has 1 saturated heterocycles. The first-order valence-electron chi connectivity index (χ1n) is 7.69. The number of methoxy groups -OCH3 is 2. The zero-order valence-electron chi connectivity index (χ0n) is 14.2. The molecule has 1 heterocycles. The third-order valence-electron chi connectivity index (χ3n) is 4.11. The van der Waals surface area contributed by atoms with Gasteiger partial charge in [-0.3, -0.25) is 4.90 Å². The van der Waals surface area contributed by atoms with Crippen LogP contribution in [0.25, 0.3) is 0 Å². The number of allylic oxidation sites excluding steroid dienone is 1. The van der Waals surface area contributed by atoms with Crippen LogP contribution in [0, 0.1) is 0 Å². The van der Waals surface area contributed by atoms with Crippen molar-refractivity contribution < 1.29 is 9.47 Å². The van der Waals surface area contributed by atoms with Gasteiger partial charge in [0.1, 0.15) is 0 Å². The van der Waals surface area contributed by atoms with Gasteiger partial charge >= 0.3 is 0 Å². The summed E-state index contributed by atoms with van der Waals surface area (Å²) >= 11 is 6.61. The highest BCUT2D eigenvalue weighted by Gasteiger charge is 2.26. The molecule has 138 valence electrons. The number of rotatable bonds is 7. The average Bonchev–Trinajstić information content (AvgIpc) is 2.57. The Morgan fingerprint density at radius 1 is 1.25 bits per heavy atom. The molecule has 4 nitrogen and oxygen atoms in total. The molecule has 0 radical (unpaired) electrons. The monoisotopic (exact) mass is 396 g/mol. The van der Waals surface area contributed by atoms with Crippen LogP contribution in [-0.4, -0.2) is 45.3 Å². The molecule has 1 N–H and O–H groups in total. The molecule has 0 aliphatic carbocycles. The van der Waals surface area contributed by atoms with Crippen molar-refractivity contribution in [3.63, 3.8) is 0 Å². The van der Waals surface area contributed by atoms with Crippen LogP contribution in [0.1, 0.15) is 24.4 Å². The van der Waals surface area contributed by atoms with Gasteiger partial charge < -0.3 is 14.8 Å². The zero-order chi connectivity index (χ0) is 15.9. The maximum Gasteiger partial charge on any atom is 0.179 e. The van der Waals surface area contributed by atoms with E-state index in [1.165, 1.54) is 0 Å². The Hall–Kier alpha value is -0.650. The average molecular weight is 398 g/mol. The predicted molar refractivity (Wildman–Crippen MR) is 106 cm³/mol. The van der Waals surface area contributed by atoms with E-state index in [2.05, 4.69) is 22.9 Å². The van der Waals surface area contributed by atoms with E-state index in [0.29, 0.717) is 16.5 Å². The molecule has 1 aliphatic heterocycles. The van der Waals surface area contributed by atoms with Gasteiger partial charge in [-0.1, -0.05) is 23.7 Å². The maximum absolute atomic E-state index is 6.61. The second kappa shape index (κ2) is 11.8. The Morgan fingerprint density at radius 3 is 2.46 bits per heavy atom. The lowest BCUT2D eigenvalue weighted by Gasteiger charge is -2.36. The van der Waals surface area contributed by atoms with Crippen LogP contribution in [0.3, 0.4) is 0 Å². The molecule has 1 aromatic rings. The number of nitrogens with zero attached hydrogens (tertiary/aromatic N) is 1. The molecule has 0 amide bonds. The molecule has 0 saturated carbocycles. The fourth-order valence-electron chi connectivity index (χ4n) is 2.97. The zero-order valence-corrected chi connectivity index (χ0v) is 16.6. The van der Waals surface area contributed by atoms with E-state index >= 15 is 0 Å². The van der Waals surface area contributed by atoms with Crippen molar-refractivity contribution in [1.29, 1.82) is 0 Å². The van der Waals surface area contributed by atoms with E-state index in [0.717, 1.165) is 44.6 Å². The molecule has 1 atom stereocenters. The fraction of sp³-hybridized carbons (Fsp3) is 0.529. The first-order valence-corrected chi connectivity index (χ1v) is 8.06. The van der Waals surface area contributed by atoms with Crippen LogP contribution >= 0.6 is 36.4 Å². The van der Waals surface area contributed by atoms with Crippen molar-refractivity contribution in [3.8, 4) is 11.5 Å². The summed E-state index contributed by atoms with van der Waals surface area (Å²) in [4.78, 5) is 2.48. The van der Waals surface area contributed by atoms with Gasteiger partial charge in [0, 0.05) is 32.2 Å². The Bertz CT molecular complexity index is 509. The van der Waals surface area contributed by atoms with E-state index < -0.39 is 0 Å². The third-order valence-corrected chi connectivity index (χ3v) is 4.50. The topological polar surface area (TPSA) is 33.7 Å². The molecule has 1 fully saturated rings. The van der Waals surface area contributed by atoms with Crippen LogP contribution in [0.2, 0.25) is 5.02 Å². The molecule has 24 heavy (non-hydrogen) atoms. The third kappa shape index (κ3) is 5.43. The Labute approximate surface area is 162 Å². The standard InChI is InChI=1S/C17H25ClN2O2.2ClH/c1-4-5-6-14(20-11-9-19-10-12-20)13-7-8-15(21-2)17(22-3)16(13)18;;/h4,7-8,14,19H,1,5-6,9-12H2,2-3H3;2*1H/t14-;;/m0../s1. The van der Waals surface area contributed by atoms with E-state index in [4.69, 9.17) is 21.1 Å². The smallest absolute Gasteiger partial charge is 0.179 e. The van der Waals surface area contributed by atoms with Crippen LogP contribution in [0.15, 0.2) is 24.8 Å². The summed E-state index contributed by atoms with van der Waals surface area (Å²) in [6.07, 6.45) is 3.92. The number of halogens is 3. The van der Waals surface area contributed by atoms with Crippen molar-refractivity contribution in [1.82, 2.24) is 10.2 Å². The van der Waals surface area contributed by atoms with Crippen LogP contribution in [0.5, 0.6) is 11.5 Å². The normalized spacial score (nSPS) is 15.6. The Balaban J connectivity index is 0.00000264. The van der Waals surface area contributed by atoms with Crippen molar-refractivity contribution in [2.24, 2.45) is 0 Å². The van der Waals surface area contributed by atoms with E-state index in [1.807, 2.05) is 12.1 Å². The Kier molecular flexibility index (Phi) is 11.5. The molecule has 0 bridgehead atoms. The van der Waals surface area contributed by atoms with Gasteiger partial charge in [0.25, 0.3) is 0 Å². The fourth-order valence-corrected chi connectivity index (χ4v) is 3.33. The van der Waals surface area contributed by atoms with Crippen molar-refractivity contribution in [3.05, 3.63) is 35.4 Å². The summed E-state index contributed by atoms with van der Waals surface area (Å²) in [7, 11) is 3.25. The summed E-state index contributed by atoms with van der Waals surface area (Å²) in [5, 5.41) is 4.04. The molecule has 2 rings (SSSR count). The maximum atomic E-state index is 6.61. The number of hydrogen-bond acceptors (Lipinski definition) is 4. The van der Waals surface area contributed by atoms with E-state index in [9.17, 15) is 0 Å². The summed E-state index contributed by atoms with van der Waals surface area (Å²) in [5.41, 5.74) is 1.10. The summed E-state index contributed by atoms with van der Waals surface area (Å²) in [6, 6.07) is 4.26. The second-order valence-corrected chi connectivity index (χ2v) is 5.75. The molecule has 0 aromatic heterocycles. The molecule has 1 aromatic carbocycles. The molecular formula is C17H27Cl3N2O2. The minimum Gasteiger partial charge on any atom is -0.493 e. The highest BCUT2D eigenvalue weighted by Crippen LogP contribution is 2.42. The van der Waals surface area contributed by atoms with E-state index in [1.54, 1.807) is 14.2 Å². The van der Waals surface area contributed by atoms with Gasteiger partial charge in [0.2, 0.25) is 0 Å². The highest BCUT2D eigenvalue weighted by molar-refractivity contribution is 6.33. The van der Waals surface area contributed by atoms with E-state index in [-0.39, 0.29) is 30.9 Å². The number of ether oxygens (including phenoxy) is 2. The highest BCUT2D eigenvalue weighted by atomic mass is 35.5. The van der Waals surface area contributed by atoms with Gasteiger partial charge in [0.15, 0.2) is 11.5 Å². The SMILES string of the molecule is C=CCC[C@@H](c1ccc(OC)c(OC)c1Cl)N1CCNCC1.Cl.Cl. The van der Waals surface area contributed by atoms with Crippen molar-refractivity contribution >= 4 is 36.4 Å². The van der Waals surface area contributed by atoms with Gasteiger partial charge in [0.05, 0.1) is 19.2 Å². The lowest BCUT2D eigenvalue weighted by Crippen LogP contribution is -2.45. The molecule has 1 aliphatic rings. The summed E-state index contributed by atoms with van der Waals surface area (Å²) in [6.45, 7) is 7.91. The number of piperazine rings is 1. The molecule has 0 unspecified atom stereocenters. The number of benzene rings is 1. The predicted octanol–water partition coefficient (Wildman–Crippen LogP) is 4.11. The summed E-state index contributed by atoms with van der Waals surface area (Å²) < 4.78 is 10.8. The van der Waals surface area contributed by atoms with Gasteiger partial charge in [-0.25, -0.2) is 0 Å². The molecule has 0 spiro atoms. The molecular weight excluding hydrogens is 371 g/mol. The van der Waals surface area contributed by atoms with Gasteiger partial charge in [-0.2, -0.15) is 0 Å². The van der Waals surface area contributed by atoms with Crippen LogP contribution in [0.4, 0.5) is 0 Å². The minimum atomic E-state index is 0.